The summed E-state index contributed by atoms with van der Waals surface area (Å²) < 4.78 is 0. The van der Waals surface area contributed by atoms with Gasteiger partial charge in [0.05, 0.1) is 45.5 Å². The Hall–Kier alpha value is -8.16. The summed E-state index contributed by atoms with van der Waals surface area (Å²) in [5.74, 6) is 0. The van der Waals surface area contributed by atoms with Gasteiger partial charge in [-0.15, -0.1) is 0 Å². The zero-order chi connectivity index (χ0) is 66.6. The van der Waals surface area contributed by atoms with Crippen LogP contribution >= 0.6 is 0 Å². The molecule has 0 unspecified atom stereocenters. The lowest BCUT2D eigenvalue weighted by molar-refractivity contribution is 0.815. The Morgan fingerprint density at radius 2 is 0.478 bits per heavy atom. The Balaban J connectivity index is 0.000000223. The van der Waals surface area contributed by atoms with Gasteiger partial charge in [-0.3, -0.25) is 0 Å². The molecule has 8 aromatic carbocycles. The highest BCUT2D eigenvalue weighted by Crippen LogP contribution is 2.31. The van der Waals surface area contributed by atoms with E-state index in [1.165, 1.54) is 66.8 Å². The smallest absolute Gasteiger partial charge is 0.0892 e. The van der Waals surface area contributed by atoms with Gasteiger partial charge < -0.3 is 42.5 Å². The molecule has 16 nitrogen and oxygen atoms in total. The van der Waals surface area contributed by atoms with E-state index < -0.39 is 0 Å². The first-order valence-corrected chi connectivity index (χ1v) is 32.4. The van der Waals surface area contributed by atoms with E-state index in [9.17, 15) is 0 Å². The maximum atomic E-state index is 4.58. The van der Waals surface area contributed by atoms with Crippen LogP contribution in [0.3, 0.4) is 0 Å². The molecule has 0 saturated heterocycles. The molecule has 488 valence electrons. The lowest BCUT2D eigenvalue weighted by Gasteiger charge is -2.08. The standard InChI is InChI=1S/2C20H28N4.2C18H24N4/c1-5-15-7-17(13-21-3)11-19(9-15)23-24-20-10-16(6-2)8-18(12-20)14-22-4;1-5-17-9-7-15(13-21-3)11-19(17)23-24-20-12-16(14-22-4)8-10-18(20)6-2;1-13-9-15(11-19-3)5-7-17(13)21-22-18-8-6-16(12-20-4)10-14(18)2;1-13-5-6-16(12-20-4)10-18(13)22-21-17-8-7-15(11-19-3)9-14(17)2/h2*7-12,21-22H,5-6,13-14H2,1-4H3;2*5-10,19-20H,11-12H2,1-4H3. The Kier molecular flexibility index (Phi) is 33.5. The number of hydrogen-bond donors (Lipinski definition) is 8. The van der Waals surface area contributed by atoms with E-state index in [0.29, 0.717) is 0 Å². The third kappa shape index (κ3) is 25.1. The third-order valence-corrected chi connectivity index (χ3v) is 15.1. The van der Waals surface area contributed by atoms with Gasteiger partial charge >= 0.3 is 0 Å². The van der Waals surface area contributed by atoms with Crippen LogP contribution in [-0.2, 0) is 78.0 Å². The van der Waals surface area contributed by atoms with Gasteiger partial charge in [0, 0.05) is 52.4 Å². The number of rotatable bonds is 28. The van der Waals surface area contributed by atoms with E-state index in [-0.39, 0.29) is 0 Å². The maximum absolute atomic E-state index is 4.58. The molecule has 8 aromatic rings. The monoisotopic (exact) mass is 1240 g/mol. The molecule has 0 atom stereocenters. The molecule has 0 radical (unpaired) electrons. The van der Waals surface area contributed by atoms with Gasteiger partial charge in [0.25, 0.3) is 0 Å². The summed E-state index contributed by atoms with van der Waals surface area (Å²) >= 11 is 0. The lowest BCUT2D eigenvalue weighted by atomic mass is 10.1. The van der Waals surface area contributed by atoms with E-state index in [0.717, 1.165) is 146 Å². The van der Waals surface area contributed by atoms with Crippen molar-refractivity contribution in [2.24, 2.45) is 40.9 Å². The molecule has 8 rings (SSSR count). The van der Waals surface area contributed by atoms with Gasteiger partial charge in [-0.25, -0.2) is 0 Å². The van der Waals surface area contributed by atoms with Crippen LogP contribution in [-0.4, -0.2) is 56.4 Å². The normalized spacial score (nSPS) is 11.3. The largest absolute Gasteiger partial charge is 0.316 e. The van der Waals surface area contributed by atoms with E-state index >= 15 is 0 Å². The minimum atomic E-state index is 0.834. The molecule has 16 heteroatoms. The molecule has 0 fully saturated rings. The molecule has 0 aliphatic heterocycles. The number of aryl methyl sites for hydroxylation is 8. The second-order valence-corrected chi connectivity index (χ2v) is 22.9. The first-order chi connectivity index (χ1) is 44.7. The summed E-state index contributed by atoms with van der Waals surface area (Å²) in [4.78, 5) is 0. The fraction of sp³-hybridized carbons (Fsp3) is 0.368. The number of hydrogen-bond acceptors (Lipinski definition) is 16. The van der Waals surface area contributed by atoms with Crippen LogP contribution in [0.1, 0.15) is 117 Å². The summed E-state index contributed by atoms with van der Waals surface area (Å²) in [5.41, 5.74) is 26.9. The van der Waals surface area contributed by atoms with Crippen molar-refractivity contribution in [3.05, 3.63) is 235 Å². The molecule has 92 heavy (non-hydrogen) atoms. The van der Waals surface area contributed by atoms with Crippen LogP contribution < -0.4 is 42.5 Å². The molecule has 0 aromatic heterocycles. The fourth-order valence-corrected chi connectivity index (χ4v) is 10.2. The molecule has 0 bridgehead atoms. The Bertz CT molecular complexity index is 3480. The summed E-state index contributed by atoms with van der Waals surface area (Å²) in [7, 11) is 15.6. The number of azo groups is 4. The fourth-order valence-electron chi connectivity index (χ4n) is 10.2. The Labute approximate surface area is 550 Å². The van der Waals surface area contributed by atoms with E-state index in [1.807, 2.05) is 74.6 Å². The predicted octanol–water partition coefficient (Wildman–Crippen LogP) is 17.6. The highest BCUT2D eigenvalue weighted by molar-refractivity contribution is 5.55. The zero-order valence-electron chi connectivity index (χ0n) is 57.9. The quantitative estimate of drug-likeness (QED) is 0.0222. The topological polar surface area (TPSA) is 195 Å². The Morgan fingerprint density at radius 3 is 0.783 bits per heavy atom. The van der Waals surface area contributed by atoms with Crippen molar-refractivity contribution in [1.29, 1.82) is 0 Å². The summed E-state index contributed by atoms with van der Waals surface area (Å²) in [5, 5.41) is 61.1. The zero-order valence-corrected chi connectivity index (χ0v) is 57.9. The molecule has 0 spiro atoms. The van der Waals surface area contributed by atoms with Crippen molar-refractivity contribution in [1.82, 2.24) is 42.5 Å². The average Bonchev–Trinajstić information content (AvgIpc) is 1.39. The van der Waals surface area contributed by atoms with Crippen LogP contribution in [0.5, 0.6) is 0 Å². The first-order valence-electron chi connectivity index (χ1n) is 32.4. The van der Waals surface area contributed by atoms with Gasteiger partial charge in [-0.1, -0.05) is 113 Å². The van der Waals surface area contributed by atoms with Crippen molar-refractivity contribution in [2.45, 2.75) is 133 Å². The van der Waals surface area contributed by atoms with E-state index in [2.05, 4.69) is 266 Å². The van der Waals surface area contributed by atoms with Crippen LogP contribution in [0.2, 0.25) is 0 Å². The molecule has 0 saturated carbocycles. The van der Waals surface area contributed by atoms with Crippen molar-refractivity contribution in [3.63, 3.8) is 0 Å². The van der Waals surface area contributed by atoms with Crippen LogP contribution in [0, 0.1) is 27.7 Å². The highest BCUT2D eigenvalue weighted by Gasteiger charge is 2.08. The van der Waals surface area contributed by atoms with Crippen molar-refractivity contribution >= 4 is 45.5 Å². The van der Waals surface area contributed by atoms with Gasteiger partial charge in [-0.2, -0.15) is 40.9 Å². The molecule has 0 heterocycles. The van der Waals surface area contributed by atoms with Gasteiger partial charge in [0.1, 0.15) is 0 Å². The summed E-state index contributed by atoms with van der Waals surface area (Å²) in [6.45, 7) is 23.7. The second kappa shape index (κ2) is 41.3. The minimum Gasteiger partial charge on any atom is -0.316 e. The van der Waals surface area contributed by atoms with Gasteiger partial charge in [0.2, 0.25) is 0 Å². The molecule has 0 aliphatic carbocycles. The average molecular weight is 1240 g/mol. The van der Waals surface area contributed by atoms with Crippen LogP contribution in [0.15, 0.2) is 187 Å². The first kappa shape index (κ1) is 74.6. The van der Waals surface area contributed by atoms with E-state index in [4.69, 9.17) is 0 Å². The second-order valence-electron chi connectivity index (χ2n) is 22.9. The summed E-state index contributed by atoms with van der Waals surface area (Å²) in [6, 6.07) is 50.8. The maximum Gasteiger partial charge on any atom is 0.0892 e. The Morgan fingerprint density at radius 1 is 0.217 bits per heavy atom. The van der Waals surface area contributed by atoms with Gasteiger partial charge in [0.15, 0.2) is 0 Å². The van der Waals surface area contributed by atoms with Crippen molar-refractivity contribution in [3.8, 4) is 0 Å². The summed E-state index contributed by atoms with van der Waals surface area (Å²) in [6.07, 6.45) is 3.90. The van der Waals surface area contributed by atoms with E-state index in [1.54, 1.807) is 0 Å². The van der Waals surface area contributed by atoms with Crippen molar-refractivity contribution < 1.29 is 0 Å². The van der Waals surface area contributed by atoms with Crippen molar-refractivity contribution in [2.75, 3.05) is 56.4 Å². The number of benzene rings is 8. The predicted molar refractivity (Wildman–Crippen MR) is 387 cm³/mol. The lowest BCUT2D eigenvalue weighted by Crippen LogP contribution is -2.05. The highest BCUT2D eigenvalue weighted by atomic mass is 15.1. The minimum absolute atomic E-state index is 0.834. The molecule has 8 N–H and O–H groups in total. The number of nitrogens with one attached hydrogen (secondary N) is 8. The number of nitrogens with zero attached hydrogens (tertiary/aromatic N) is 8. The molecular formula is C76H104N16. The van der Waals surface area contributed by atoms with Crippen LogP contribution in [0.25, 0.3) is 0 Å². The SMILES string of the molecule is CCc1cc(CNC)cc(N=Nc2cc(CC)cc(CNC)c2)c1.CCc1ccc(CNC)cc1N=Nc1cc(CNC)ccc1CC.CNCc1ccc(N=Nc2cc(CNC)ccc2C)c(C)c1.CNCc1ccc(N=Nc2ccc(CNC)cc2C)c(C)c1. The van der Waals surface area contributed by atoms with Gasteiger partial charge in [-0.05, 0) is 259 Å². The molecular weight excluding hydrogens is 1140 g/mol. The van der Waals surface area contributed by atoms with Crippen LogP contribution in [0.4, 0.5) is 45.5 Å². The molecule has 0 aliphatic rings. The molecule has 0 amide bonds. The third-order valence-electron chi connectivity index (χ3n) is 15.1.